The van der Waals surface area contributed by atoms with Gasteiger partial charge < -0.3 is 10.2 Å². The minimum absolute atomic E-state index is 0.0652. The van der Waals surface area contributed by atoms with Crippen LogP contribution in [0.2, 0.25) is 5.02 Å². The van der Waals surface area contributed by atoms with E-state index in [0.717, 1.165) is 11.1 Å². The summed E-state index contributed by atoms with van der Waals surface area (Å²) in [5.41, 5.74) is 1.92. The Balaban J connectivity index is 2.36. The molecule has 1 N–H and O–H groups in total. The van der Waals surface area contributed by atoms with E-state index in [1.807, 2.05) is 56.3 Å². The van der Waals surface area contributed by atoms with Crippen molar-refractivity contribution in [2.45, 2.75) is 32.9 Å². The van der Waals surface area contributed by atoms with Gasteiger partial charge in [-0.2, -0.15) is 0 Å². The number of nitrogens with one attached hydrogen (secondary N) is 1. The molecule has 0 heterocycles. The lowest BCUT2D eigenvalue weighted by Crippen LogP contribution is -2.51. The predicted octanol–water partition coefficient (Wildman–Crippen LogP) is 4.24. The van der Waals surface area contributed by atoms with Gasteiger partial charge in [0.15, 0.2) is 0 Å². The summed E-state index contributed by atoms with van der Waals surface area (Å²) < 4.78 is 0. The Bertz CT molecular complexity index is 788. The van der Waals surface area contributed by atoms with E-state index in [9.17, 15) is 9.59 Å². The third kappa shape index (κ3) is 6.24. The number of hydrogen-bond donors (Lipinski definition) is 1. The average Bonchev–Trinajstić information content (AvgIpc) is 2.70. The fourth-order valence-electron chi connectivity index (χ4n) is 2.93. The van der Waals surface area contributed by atoms with Gasteiger partial charge in [-0.3, -0.25) is 9.59 Å². The van der Waals surface area contributed by atoms with Gasteiger partial charge >= 0.3 is 0 Å². The molecule has 0 saturated heterocycles. The van der Waals surface area contributed by atoms with Gasteiger partial charge in [0.05, 0.1) is 0 Å². The van der Waals surface area contributed by atoms with Crippen molar-refractivity contribution in [1.82, 2.24) is 10.2 Å². The van der Waals surface area contributed by atoms with E-state index >= 15 is 0 Å². The zero-order valence-electron chi connectivity index (χ0n) is 16.4. The molecule has 0 aliphatic carbocycles. The Morgan fingerprint density at radius 1 is 1.07 bits per heavy atom. The molecule has 1 unspecified atom stereocenters. The van der Waals surface area contributed by atoms with Crippen molar-refractivity contribution in [3.05, 3.63) is 83.4 Å². The van der Waals surface area contributed by atoms with Crippen LogP contribution in [0.25, 0.3) is 0 Å². The second kappa shape index (κ2) is 10.7. The summed E-state index contributed by atoms with van der Waals surface area (Å²) in [6.07, 6.45) is 2.07. The molecule has 2 amide bonds. The quantitative estimate of drug-likeness (QED) is 0.642. The lowest BCUT2D eigenvalue weighted by atomic mass is 10.0. The molecule has 0 aromatic heterocycles. The number of halogens is 1. The molecule has 2 rings (SSSR count). The molecule has 28 heavy (non-hydrogen) atoms. The second-order valence-corrected chi connectivity index (χ2v) is 7.42. The Labute approximate surface area is 172 Å². The van der Waals surface area contributed by atoms with Crippen LogP contribution >= 0.6 is 11.6 Å². The minimum atomic E-state index is -0.618. The minimum Gasteiger partial charge on any atom is -0.351 e. The zero-order chi connectivity index (χ0) is 20.5. The largest absolute Gasteiger partial charge is 0.351 e. The van der Waals surface area contributed by atoms with E-state index < -0.39 is 6.04 Å². The Morgan fingerprint density at radius 2 is 1.71 bits per heavy atom. The van der Waals surface area contributed by atoms with Crippen molar-refractivity contribution < 1.29 is 9.59 Å². The van der Waals surface area contributed by atoms with E-state index in [1.165, 1.54) is 0 Å². The first-order valence-corrected chi connectivity index (χ1v) is 9.77. The van der Waals surface area contributed by atoms with Crippen LogP contribution < -0.4 is 5.32 Å². The third-order valence-corrected chi connectivity index (χ3v) is 4.67. The Morgan fingerprint density at radius 3 is 2.29 bits per heavy atom. The van der Waals surface area contributed by atoms with Crippen LogP contribution in [0.3, 0.4) is 0 Å². The Kier molecular flexibility index (Phi) is 8.27. The second-order valence-electron chi connectivity index (χ2n) is 6.99. The number of amides is 2. The molecule has 0 aliphatic rings. The standard InChI is InChI=1S/C23H27ClN2O2/c1-4-14-25-22(27)21(15-18-8-6-5-7-9-18)26(23(28)17(2)3)16-19-10-12-20(24)13-11-19/h4-13,17,21H,1,14-16H2,2-3H3,(H,25,27). The maximum Gasteiger partial charge on any atom is 0.243 e. The van der Waals surface area contributed by atoms with E-state index in [0.29, 0.717) is 24.5 Å². The molecule has 148 valence electrons. The fourth-order valence-corrected chi connectivity index (χ4v) is 3.06. The van der Waals surface area contributed by atoms with E-state index in [-0.39, 0.29) is 17.7 Å². The van der Waals surface area contributed by atoms with Gasteiger partial charge in [0.1, 0.15) is 6.04 Å². The van der Waals surface area contributed by atoms with E-state index in [1.54, 1.807) is 23.1 Å². The first kappa shape index (κ1) is 21.7. The number of rotatable bonds is 9. The van der Waals surface area contributed by atoms with Crippen molar-refractivity contribution in [2.24, 2.45) is 5.92 Å². The number of carbonyl (C=O) groups excluding carboxylic acids is 2. The topological polar surface area (TPSA) is 49.4 Å². The molecule has 0 saturated carbocycles. The number of hydrogen-bond acceptors (Lipinski definition) is 2. The molecular weight excluding hydrogens is 372 g/mol. The number of benzene rings is 2. The summed E-state index contributed by atoms with van der Waals surface area (Å²) in [6, 6.07) is 16.5. The summed E-state index contributed by atoms with van der Waals surface area (Å²) in [7, 11) is 0. The highest BCUT2D eigenvalue weighted by molar-refractivity contribution is 6.30. The smallest absolute Gasteiger partial charge is 0.243 e. The third-order valence-electron chi connectivity index (χ3n) is 4.41. The van der Waals surface area contributed by atoms with Crippen molar-refractivity contribution in [2.75, 3.05) is 6.54 Å². The van der Waals surface area contributed by atoms with Gasteiger partial charge in [0.2, 0.25) is 11.8 Å². The van der Waals surface area contributed by atoms with E-state index in [2.05, 4.69) is 11.9 Å². The monoisotopic (exact) mass is 398 g/mol. The first-order valence-electron chi connectivity index (χ1n) is 9.39. The van der Waals surface area contributed by atoms with Gasteiger partial charge in [0, 0.05) is 30.5 Å². The van der Waals surface area contributed by atoms with Crippen LogP contribution in [0.5, 0.6) is 0 Å². The SMILES string of the molecule is C=CCNC(=O)C(Cc1ccccc1)N(Cc1ccc(Cl)cc1)C(=O)C(C)C. The maximum absolute atomic E-state index is 13.0. The van der Waals surface area contributed by atoms with Crippen LogP contribution in [-0.4, -0.2) is 29.3 Å². The van der Waals surface area contributed by atoms with Crippen LogP contribution in [-0.2, 0) is 22.6 Å². The predicted molar refractivity (Wildman–Crippen MR) is 114 cm³/mol. The van der Waals surface area contributed by atoms with Gasteiger partial charge in [-0.15, -0.1) is 6.58 Å². The average molecular weight is 399 g/mol. The molecule has 4 nitrogen and oxygen atoms in total. The van der Waals surface area contributed by atoms with Crippen LogP contribution in [0, 0.1) is 5.92 Å². The molecular formula is C23H27ClN2O2. The lowest BCUT2D eigenvalue weighted by molar-refractivity contribution is -0.143. The first-order chi connectivity index (χ1) is 13.4. The molecule has 2 aromatic rings. The summed E-state index contributed by atoms with van der Waals surface area (Å²) in [4.78, 5) is 27.6. The molecule has 2 aromatic carbocycles. The van der Waals surface area contributed by atoms with Crippen LogP contribution in [0.4, 0.5) is 0 Å². The van der Waals surface area contributed by atoms with Gasteiger partial charge in [-0.25, -0.2) is 0 Å². The maximum atomic E-state index is 13.0. The van der Waals surface area contributed by atoms with Gasteiger partial charge in [0.25, 0.3) is 0 Å². The molecule has 0 spiro atoms. The Hall–Kier alpha value is -2.59. The zero-order valence-corrected chi connectivity index (χ0v) is 17.2. The number of carbonyl (C=O) groups is 2. The highest BCUT2D eigenvalue weighted by Gasteiger charge is 2.31. The lowest BCUT2D eigenvalue weighted by Gasteiger charge is -2.32. The molecule has 0 fully saturated rings. The van der Waals surface area contributed by atoms with Crippen molar-refractivity contribution in [3.8, 4) is 0 Å². The van der Waals surface area contributed by atoms with Crippen LogP contribution in [0.1, 0.15) is 25.0 Å². The van der Waals surface area contributed by atoms with Gasteiger partial charge in [-0.1, -0.05) is 74.0 Å². The summed E-state index contributed by atoms with van der Waals surface area (Å²) >= 11 is 5.98. The van der Waals surface area contributed by atoms with Crippen molar-refractivity contribution in [1.29, 1.82) is 0 Å². The highest BCUT2D eigenvalue weighted by atomic mass is 35.5. The normalized spacial score (nSPS) is 11.7. The molecule has 0 bridgehead atoms. The van der Waals surface area contributed by atoms with Crippen LogP contribution in [0.15, 0.2) is 67.3 Å². The number of nitrogens with zero attached hydrogens (tertiary/aromatic N) is 1. The summed E-state index contributed by atoms with van der Waals surface area (Å²) in [6.45, 7) is 8.04. The van der Waals surface area contributed by atoms with Crippen molar-refractivity contribution >= 4 is 23.4 Å². The molecule has 0 radical (unpaired) electrons. The summed E-state index contributed by atoms with van der Waals surface area (Å²) in [5.74, 6) is -0.478. The summed E-state index contributed by atoms with van der Waals surface area (Å²) in [5, 5.41) is 3.48. The molecule has 5 heteroatoms. The molecule has 0 aliphatic heterocycles. The highest BCUT2D eigenvalue weighted by Crippen LogP contribution is 2.18. The van der Waals surface area contributed by atoms with Gasteiger partial charge in [-0.05, 0) is 23.3 Å². The van der Waals surface area contributed by atoms with Crippen molar-refractivity contribution in [3.63, 3.8) is 0 Å². The fraction of sp³-hybridized carbons (Fsp3) is 0.304. The molecule has 1 atom stereocenters. The van der Waals surface area contributed by atoms with E-state index in [4.69, 9.17) is 11.6 Å².